The number of ether oxygens (including phenoxy) is 2. The lowest BCUT2D eigenvalue weighted by molar-refractivity contribution is -0.153. The van der Waals surface area contributed by atoms with Crippen LogP contribution in [0.15, 0.2) is 18.2 Å². The monoisotopic (exact) mass is 662 g/mol. The molecule has 0 unspecified atom stereocenters. The Hall–Kier alpha value is -3.24. The van der Waals surface area contributed by atoms with Gasteiger partial charge in [-0.25, -0.2) is 0 Å². The normalized spacial score (nSPS) is 26.4. The van der Waals surface area contributed by atoms with Gasteiger partial charge in [0, 0.05) is 19.5 Å². The highest BCUT2D eigenvalue weighted by atomic mass is 32.1. The van der Waals surface area contributed by atoms with E-state index in [1.54, 1.807) is 18.7 Å². The van der Waals surface area contributed by atoms with Gasteiger partial charge in [-0.2, -0.15) is 18.4 Å². The number of hydrogen-bond acceptors (Lipinski definition) is 7. The second kappa shape index (κ2) is 13.5. The van der Waals surface area contributed by atoms with Gasteiger partial charge >= 0.3 is 12.1 Å². The number of alkyl halides is 3. The Morgan fingerprint density at radius 1 is 1.09 bits per heavy atom. The third-order valence-electron chi connectivity index (χ3n) is 10.0. The van der Waals surface area contributed by atoms with Crippen molar-refractivity contribution in [2.75, 3.05) is 37.8 Å². The first-order chi connectivity index (χ1) is 21.7. The Kier molecular flexibility index (Phi) is 9.99. The van der Waals surface area contributed by atoms with Gasteiger partial charge in [0.25, 0.3) is 5.91 Å². The van der Waals surface area contributed by atoms with Crippen molar-refractivity contribution in [1.82, 2.24) is 10.2 Å². The molecule has 2 amide bonds. The number of nitrogens with zero attached hydrogens (tertiary/aromatic N) is 3. The van der Waals surface area contributed by atoms with Crippen molar-refractivity contribution < 1.29 is 37.0 Å². The van der Waals surface area contributed by atoms with Crippen molar-refractivity contribution in [3.05, 3.63) is 29.3 Å². The first-order valence-corrected chi connectivity index (χ1v) is 16.4. The van der Waals surface area contributed by atoms with Gasteiger partial charge in [-0.05, 0) is 112 Å². The summed E-state index contributed by atoms with van der Waals surface area (Å²) in [5, 5.41) is 11.9. The smallest absolute Gasteiger partial charge is 0.417 e. The zero-order chi connectivity index (χ0) is 33.3. The van der Waals surface area contributed by atoms with Crippen LogP contribution in [-0.2, 0) is 30.0 Å². The van der Waals surface area contributed by atoms with Crippen LogP contribution in [0.5, 0.6) is 0 Å². The molecule has 1 saturated heterocycles. The first kappa shape index (κ1) is 34.1. The molecule has 1 N–H and O–H groups in total. The average molecular weight is 663 g/mol. The Bertz CT molecular complexity index is 1370. The van der Waals surface area contributed by atoms with E-state index in [1.807, 2.05) is 0 Å². The van der Waals surface area contributed by atoms with E-state index in [0.717, 1.165) is 54.0 Å². The summed E-state index contributed by atoms with van der Waals surface area (Å²) in [7, 11) is 0. The summed E-state index contributed by atoms with van der Waals surface area (Å²) in [6, 6.07) is 4.57. The van der Waals surface area contributed by atoms with Gasteiger partial charge in [0.2, 0.25) is 5.91 Å². The SMILES string of the molecule is CC1(C)C(=O)N(c2ccc(C#N)c(C(F)(F)F)c2)C(=S)N1CCCC(=O)NCCOCCOC(=O)CC12CC3CC(CC(C3)C1)C2. The molecule has 4 aliphatic carbocycles. The maximum absolute atomic E-state index is 13.5. The number of anilines is 1. The number of hydrogen-bond donors (Lipinski definition) is 1. The molecule has 5 fully saturated rings. The van der Waals surface area contributed by atoms with E-state index in [9.17, 15) is 27.6 Å². The molecule has 9 nitrogen and oxygen atoms in total. The number of nitriles is 1. The second-order valence-corrected chi connectivity index (χ2v) is 14.2. The average Bonchev–Trinajstić information content (AvgIpc) is 3.13. The maximum Gasteiger partial charge on any atom is 0.417 e. The number of nitrogens with one attached hydrogen (secondary N) is 1. The van der Waals surface area contributed by atoms with Gasteiger partial charge in [-0.3, -0.25) is 19.3 Å². The van der Waals surface area contributed by atoms with E-state index >= 15 is 0 Å². The molecule has 5 aliphatic rings. The lowest BCUT2D eigenvalue weighted by Crippen LogP contribution is -2.47. The predicted molar refractivity (Wildman–Crippen MR) is 166 cm³/mol. The van der Waals surface area contributed by atoms with Gasteiger partial charge < -0.3 is 19.7 Å². The topological polar surface area (TPSA) is 112 Å². The van der Waals surface area contributed by atoms with E-state index < -0.39 is 28.7 Å². The lowest BCUT2D eigenvalue weighted by atomic mass is 9.49. The van der Waals surface area contributed by atoms with Crippen molar-refractivity contribution in [2.24, 2.45) is 23.2 Å². The number of rotatable bonds is 13. The summed E-state index contributed by atoms with van der Waals surface area (Å²) in [4.78, 5) is 40.8. The molecule has 4 saturated carbocycles. The van der Waals surface area contributed by atoms with Gasteiger partial charge in [0.1, 0.15) is 12.1 Å². The quantitative estimate of drug-likeness (QED) is 0.171. The number of benzene rings is 1. The fourth-order valence-corrected chi connectivity index (χ4v) is 8.88. The van der Waals surface area contributed by atoms with E-state index in [4.69, 9.17) is 27.0 Å². The van der Waals surface area contributed by atoms with Crippen molar-refractivity contribution in [1.29, 1.82) is 5.26 Å². The Balaban J connectivity index is 0.985. The molecule has 13 heteroatoms. The number of amides is 2. The highest BCUT2D eigenvalue weighted by molar-refractivity contribution is 7.80. The van der Waals surface area contributed by atoms with Gasteiger partial charge in [0.05, 0.1) is 42.5 Å². The summed E-state index contributed by atoms with van der Waals surface area (Å²) in [6.07, 6.45) is 3.70. The van der Waals surface area contributed by atoms with E-state index in [2.05, 4.69) is 5.32 Å². The van der Waals surface area contributed by atoms with Crippen molar-refractivity contribution in [2.45, 2.75) is 83.4 Å². The zero-order valence-corrected chi connectivity index (χ0v) is 27.1. The van der Waals surface area contributed by atoms with E-state index in [0.29, 0.717) is 12.8 Å². The molecule has 0 radical (unpaired) electrons. The highest BCUT2D eigenvalue weighted by Crippen LogP contribution is 2.61. The summed E-state index contributed by atoms with van der Waals surface area (Å²) in [5.41, 5.74) is -2.77. The molecule has 4 bridgehead atoms. The largest absolute Gasteiger partial charge is 0.463 e. The van der Waals surface area contributed by atoms with Crippen LogP contribution >= 0.6 is 12.2 Å². The minimum Gasteiger partial charge on any atom is -0.463 e. The standard InChI is InChI=1S/C33H41F3N4O5S/c1-31(2)29(43)40(25-6-5-24(20-37)26(15-25)33(34,35)36)30(46)39(31)8-3-4-27(41)38-7-9-44-10-11-45-28(42)19-32-16-21-12-22(17-32)14-23(13-21)18-32/h5-6,15,21-23H,3-4,7-14,16-19H2,1-2H3,(H,38,41). The molecular formula is C33H41F3N4O5S. The summed E-state index contributed by atoms with van der Waals surface area (Å²) >= 11 is 5.49. The van der Waals surface area contributed by atoms with Gasteiger partial charge in [0.15, 0.2) is 5.11 Å². The van der Waals surface area contributed by atoms with Crippen molar-refractivity contribution in [3.63, 3.8) is 0 Å². The summed E-state index contributed by atoms with van der Waals surface area (Å²) in [6.45, 7) is 4.44. The van der Waals surface area contributed by atoms with Crippen LogP contribution in [0.3, 0.4) is 0 Å². The van der Waals surface area contributed by atoms with Crippen LogP contribution in [0.2, 0.25) is 0 Å². The van der Waals surface area contributed by atoms with Crippen molar-refractivity contribution in [3.8, 4) is 6.07 Å². The highest BCUT2D eigenvalue weighted by Gasteiger charge is 2.52. The van der Waals surface area contributed by atoms with Crippen LogP contribution in [0, 0.1) is 34.5 Å². The minimum absolute atomic E-state index is 0.0280. The number of carbonyl (C=O) groups is 3. The Morgan fingerprint density at radius 2 is 1.74 bits per heavy atom. The van der Waals surface area contributed by atoms with Crippen LogP contribution in [0.4, 0.5) is 18.9 Å². The minimum atomic E-state index is -4.78. The summed E-state index contributed by atoms with van der Waals surface area (Å²) in [5.74, 6) is 1.49. The van der Waals surface area contributed by atoms with Gasteiger partial charge in [-0.1, -0.05) is 0 Å². The molecule has 1 aromatic rings. The molecule has 0 atom stereocenters. The molecule has 46 heavy (non-hydrogen) atoms. The van der Waals surface area contributed by atoms with Crippen LogP contribution in [0.25, 0.3) is 0 Å². The van der Waals surface area contributed by atoms with Crippen molar-refractivity contribution >= 4 is 40.8 Å². The number of thiocarbonyl (C=S) groups is 1. The molecular weight excluding hydrogens is 621 g/mol. The Morgan fingerprint density at radius 3 is 2.35 bits per heavy atom. The third-order valence-corrected chi connectivity index (χ3v) is 10.4. The van der Waals surface area contributed by atoms with Crippen LogP contribution in [0.1, 0.15) is 82.8 Å². The zero-order valence-electron chi connectivity index (χ0n) is 26.3. The third kappa shape index (κ3) is 7.33. The molecule has 0 spiro atoms. The van der Waals surface area contributed by atoms with E-state index in [1.165, 1.54) is 31.4 Å². The fraction of sp³-hybridized carbons (Fsp3) is 0.667. The number of carbonyl (C=O) groups excluding carboxylic acids is 3. The Labute approximate surface area is 272 Å². The van der Waals surface area contributed by atoms with Crippen LogP contribution in [-0.4, -0.2) is 66.2 Å². The lowest BCUT2D eigenvalue weighted by Gasteiger charge is -2.56. The predicted octanol–water partition coefficient (Wildman–Crippen LogP) is 5.35. The number of esters is 1. The molecule has 1 aliphatic heterocycles. The molecule has 1 aromatic carbocycles. The molecule has 6 rings (SSSR count). The van der Waals surface area contributed by atoms with E-state index in [-0.39, 0.29) is 67.4 Å². The second-order valence-electron chi connectivity index (χ2n) is 13.9. The van der Waals surface area contributed by atoms with Crippen LogP contribution < -0.4 is 10.2 Å². The summed E-state index contributed by atoms with van der Waals surface area (Å²) < 4.78 is 51.5. The fourth-order valence-electron chi connectivity index (χ4n) is 8.37. The first-order valence-electron chi connectivity index (χ1n) is 16.0. The molecule has 250 valence electrons. The van der Waals surface area contributed by atoms with Gasteiger partial charge in [-0.15, -0.1) is 0 Å². The number of halogens is 3. The molecule has 0 aromatic heterocycles. The maximum atomic E-state index is 13.5. The molecule has 1 heterocycles.